The van der Waals surface area contributed by atoms with E-state index >= 15 is 0 Å². The number of likely N-dealkylation sites (N-methyl/N-ethyl adjacent to an activating group) is 2. The Bertz CT molecular complexity index is 1100. The van der Waals surface area contributed by atoms with Crippen molar-refractivity contribution in [3.8, 4) is 11.8 Å². The first kappa shape index (κ1) is 29.1. The molecule has 194 valence electrons. The van der Waals surface area contributed by atoms with Gasteiger partial charge in [0.2, 0.25) is 11.8 Å². The maximum Gasteiger partial charge on any atom is 0.241 e. The average molecular weight is 514 g/mol. The molecule has 36 heavy (non-hydrogen) atoms. The van der Waals surface area contributed by atoms with E-state index in [2.05, 4.69) is 22.8 Å². The monoisotopic (exact) mass is 513 g/mol. The van der Waals surface area contributed by atoms with Gasteiger partial charge in [-0.15, -0.1) is 12.4 Å². The van der Waals surface area contributed by atoms with E-state index in [1.165, 1.54) is 11.1 Å². The molecule has 0 spiro atoms. The number of ether oxygens (including phenoxy) is 1. The molecule has 1 aliphatic rings. The van der Waals surface area contributed by atoms with E-state index in [1.807, 2.05) is 39.1 Å². The summed E-state index contributed by atoms with van der Waals surface area (Å²) in [5.41, 5.74) is 4.60. The molecule has 0 saturated carbocycles. The predicted octanol–water partition coefficient (Wildman–Crippen LogP) is 2.46. The highest BCUT2D eigenvalue weighted by atomic mass is 35.5. The van der Waals surface area contributed by atoms with Gasteiger partial charge in [0.15, 0.2) is 0 Å². The minimum Gasteiger partial charge on any atom is -0.497 e. The van der Waals surface area contributed by atoms with E-state index in [0.29, 0.717) is 18.7 Å². The Morgan fingerprint density at radius 1 is 1.08 bits per heavy atom. The smallest absolute Gasteiger partial charge is 0.241 e. The van der Waals surface area contributed by atoms with E-state index in [0.717, 1.165) is 36.4 Å². The molecule has 0 fully saturated rings. The molecule has 0 bridgehead atoms. The molecule has 8 nitrogen and oxygen atoms in total. The number of fused-ring (bicyclic) bond motifs is 1. The predicted molar refractivity (Wildman–Crippen MR) is 144 cm³/mol. The summed E-state index contributed by atoms with van der Waals surface area (Å²) in [6.07, 6.45) is 1.60. The largest absolute Gasteiger partial charge is 0.497 e. The molecule has 0 aliphatic heterocycles. The summed E-state index contributed by atoms with van der Waals surface area (Å²) in [5, 5.41) is 15.6. The lowest BCUT2D eigenvalue weighted by Gasteiger charge is -2.26. The minimum absolute atomic E-state index is 0. The van der Waals surface area contributed by atoms with Crippen molar-refractivity contribution in [2.24, 2.45) is 0 Å². The van der Waals surface area contributed by atoms with Crippen LogP contribution in [0.4, 0.5) is 5.69 Å². The Morgan fingerprint density at radius 2 is 1.81 bits per heavy atom. The Hall–Kier alpha value is -3.12. The van der Waals surface area contributed by atoms with E-state index in [4.69, 9.17) is 4.74 Å². The molecule has 2 N–H and O–H groups in total. The van der Waals surface area contributed by atoms with Gasteiger partial charge in [-0.2, -0.15) is 5.26 Å². The molecule has 0 heterocycles. The topological polar surface area (TPSA) is 97.7 Å². The maximum absolute atomic E-state index is 13.1. The van der Waals surface area contributed by atoms with Crippen LogP contribution >= 0.6 is 12.4 Å². The number of hydrogen-bond donors (Lipinski definition) is 2. The number of halogens is 1. The van der Waals surface area contributed by atoms with Gasteiger partial charge in [-0.05, 0) is 67.3 Å². The van der Waals surface area contributed by atoms with Gasteiger partial charge in [0.1, 0.15) is 5.75 Å². The molecule has 1 aliphatic carbocycles. The van der Waals surface area contributed by atoms with E-state index in [9.17, 15) is 14.9 Å². The Morgan fingerprint density at radius 3 is 2.50 bits per heavy atom. The summed E-state index contributed by atoms with van der Waals surface area (Å²) in [6, 6.07) is 13.6. The third-order valence-corrected chi connectivity index (χ3v) is 6.51. The first-order valence-corrected chi connectivity index (χ1v) is 12.0. The number of carbonyl (C=O) groups excluding carboxylic acids is 2. The number of amides is 2. The number of nitriles is 1. The van der Waals surface area contributed by atoms with E-state index in [-0.39, 0.29) is 43.4 Å². The van der Waals surface area contributed by atoms with Crippen LogP contribution in [0.2, 0.25) is 0 Å². The van der Waals surface area contributed by atoms with Gasteiger partial charge in [0.05, 0.1) is 31.8 Å². The molecule has 2 aromatic carbocycles. The fraction of sp³-hybridized carbons (Fsp3) is 0.444. The molecule has 9 heteroatoms. The van der Waals surface area contributed by atoms with Crippen molar-refractivity contribution in [1.82, 2.24) is 15.5 Å². The van der Waals surface area contributed by atoms with Gasteiger partial charge in [0, 0.05) is 31.9 Å². The number of hydrogen-bond acceptors (Lipinski definition) is 6. The molecule has 2 aromatic rings. The third kappa shape index (κ3) is 7.20. The second-order valence-electron chi connectivity index (χ2n) is 8.82. The van der Waals surface area contributed by atoms with Crippen molar-refractivity contribution < 1.29 is 14.3 Å². The molecule has 0 saturated heterocycles. The van der Waals surface area contributed by atoms with E-state index in [1.54, 1.807) is 29.0 Å². The Labute approximate surface area is 220 Å². The maximum atomic E-state index is 13.1. The molecular weight excluding hydrogens is 478 g/mol. The van der Waals surface area contributed by atoms with Crippen LogP contribution in [0.3, 0.4) is 0 Å². The van der Waals surface area contributed by atoms with Crippen LogP contribution in [0, 0.1) is 18.3 Å². The molecule has 1 unspecified atom stereocenters. The number of nitrogens with one attached hydrogen (secondary N) is 2. The number of benzene rings is 2. The summed E-state index contributed by atoms with van der Waals surface area (Å²) in [7, 11) is 3.47. The lowest BCUT2D eigenvalue weighted by Crippen LogP contribution is -2.46. The highest BCUT2D eigenvalue weighted by Crippen LogP contribution is 2.28. The van der Waals surface area contributed by atoms with Gasteiger partial charge in [-0.25, -0.2) is 0 Å². The van der Waals surface area contributed by atoms with Crippen molar-refractivity contribution in [3.05, 3.63) is 58.7 Å². The third-order valence-electron chi connectivity index (χ3n) is 6.51. The van der Waals surface area contributed by atoms with Crippen LogP contribution in [0.25, 0.3) is 0 Å². The average Bonchev–Trinajstić information content (AvgIpc) is 3.30. The zero-order chi connectivity index (χ0) is 25.4. The zero-order valence-corrected chi connectivity index (χ0v) is 22.3. The lowest BCUT2D eigenvalue weighted by molar-refractivity contribution is -0.130. The molecule has 3 rings (SSSR count). The highest BCUT2D eigenvalue weighted by molar-refractivity contribution is 5.96. The molecule has 0 aromatic heterocycles. The molecule has 1 atom stereocenters. The van der Waals surface area contributed by atoms with Gasteiger partial charge in [0.25, 0.3) is 0 Å². The highest BCUT2D eigenvalue weighted by Gasteiger charge is 2.28. The van der Waals surface area contributed by atoms with E-state index < -0.39 is 0 Å². The van der Waals surface area contributed by atoms with Crippen LogP contribution < -0.4 is 20.3 Å². The molecule has 0 radical (unpaired) electrons. The van der Waals surface area contributed by atoms with Crippen molar-refractivity contribution in [1.29, 1.82) is 5.26 Å². The number of methoxy groups -OCH3 is 1. The second kappa shape index (κ2) is 13.8. The van der Waals surface area contributed by atoms with Crippen LogP contribution in [-0.4, -0.2) is 69.6 Å². The van der Waals surface area contributed by atoms with Crippen LogP contribution in [0.15, 0.2) is 36.4 Å². The molecule has 2 amide bonds. The minimum atomic E-state index is -0.142. The summed E-state index contributed by atoms with van der Waals surface area (Å²) in [5.74, 6) is 0.633. The quantitative estimate of drug-likeness (QED) is 0.448. The van der Waals surface area contributed by atoms with Crippen LogP contribution in [0.5, 0.6) is 5.75 Å². The summed E-state index contributed by atoms with van der Waals surface area (Å²) >= 11 is 0. The number of anilines is 1. The number of nitrogens with zero attached hydrogens (tertiary/aromatic N) is 3. The fourth-order valence-corrected chi connectivity index (χ4v) is 4.39. The Balaban J connectivity index is 0.00000456. The fourth-order valence-electron chi connectivity index (χ4n) is 4.39. The van der Waals surface area contributed by atoms with Crippen molar-refractivity contribution >= 4 is 29.9 Å². The summed E-state index contributed by atoms with van der Waals surface area (Å²) < 4.78 is 5.31. The standard InChI is InChI=1S/C27H35N5O3.ClH/c1-5-29-10-11-32(25-12-20(16-28)7-6-19(25)2)27(34)18-30-17-26(33)31(3)23-13-21-8-9-24(35-4)15-22(21)14-23;/h6-9,12,15,23,29-30H,5,10-11,13-14,17-18H2,1-4H3;1H. The number of rotatable bonds is 11. The number of carbonyl (C=O) groups is 2. The Kier molecular flexibility index (Phi) is 11.2. The number of aryl methyl sites for hydroxylation is 1. The van der Waals surface area contributed by atoms with Crippen molar-refractivity contribution in [2.45, 2.75) is 32.7 Å². The van der Waals surface area contributed by atoms with Gasteiger partial charge >= 0.3 is 0 Å². The van der Waals surface area contributed by atoms with Gasteiger partial charge < -0.3 is 19.9 Å². The summed E-state index contributed by atoms with van der Waals surface area (Å²) in [4.78, 5) is 29.4. The van der Waals surface area contributed by atoms with Crippen LogP contribution in [-0.2, 0) is 22.4 Å². The van der Waals surface area contributed by atoms with Crippen LogP contribution in [0.1, 0.15) is 29.2 Å². The normalized spacial score (nSPS) is 13.8. The second-order valence-corrected chi connectivity index (χ2v) is 8.82. The first-order chi connectivity index (χ1) is 16.9. The van der Waals surface area contributed by atoms with Crippen molar-refractivity contribution in [3.63, 3.8) is 0 Å². The lowest BCUT2D eigenvalue weighted by atomic mass is 10.1. The molecular formula is C27H36ClN5O3. The zero-order valence-electron chi connectivity index (χ0n) is 21.5. The van der Waals surface area contributed by atoms with Gasteiger partial charge in [-0.3, -0.25) is 14.9 Å². The summed E-state index contributed by atoms with van der Waals surface area (Å²) in [6.45, 7) is 5.95. The SMILES string of the molecule is CCNCCN(C(=O)CNCC(=O)N(C)C1Cc2ccc(OC)cc2C1)c1cc(C#N)ccc1C.Cl. The van der Waals surface area contributed by atoms with Gasteiger partial charge in [-0.1, -0.05) is 19.1 Å². The first-order valence-electron chi connectivity index (χ1n) is 12.0. The van der Waals surface area contributed by atoms with Crippen molar-refractivity contribution in [2.75, 3.05) is 51.8 Å².